The highest BCUT2D eigenvalue weighted by molar-refractivity contribution is 6.30. The van der Waals surface area contributed by atoms with Crippen LogP contribution in [0.5, 0.6) is 11.5 Å². The van der Waals surface area contributed by atoms with Crippen LogP contribution in [0.15, 0.2) is 42.5 Å². The lowest BCUT2D eigenvalue weighted by Crippen LogP contribution is -2.40. The van der Waals surface area contributed by atoms with Gasteiger partial charge in [-0.1, -0.05) is 11.6 Å². The second kappa shape index (κ2) is 11.5. The van der Waals surface area contributed by atoms with Gasteiger partial charge in [0.15, 0.2) is 19.0 Å². The van der Waals surface area contributed by atoms with Crippen LogP contribution in [-0.2, 0) is 14.3 Å². The van der Waals surface area contributed by atoms with Gasteiger partial charge in [-0.15, -0.1) is 0 Å². The Kier molecular flexibility index (Phi) is 8.47. The molecule has 170 valence electrons. The molecule has 2 amide bonds. The molecule has 0 atom stereocenters. The number of rotatable bonds is 11. The van der Waals surface area contributed by atoms with Crippen molar-refractivity contribution in [3.63, 3.8) is 0 Å². The van der Waals surface area contributed by atoms with Crippen LogP contribution in [-0.4, -0.2) is 57.6 Å². The molecule has 1 aliphatic rings. The average Bonchev–Trinajstić information content (AvgIpc) is 2.79. The van der Waals surface area contributed by atoms with Gasteiger partial charge in [-0.05, 0) is 48.9 Å². The van der Waals surface area contributed by atoms with Crippen molar-refractivity contribution in [1.82, 2.24) is 5.32 Å². The van der Waals surface area contributed by atoms with Crippen LogP contribution in [0.1, 0.15) is 23.2 Å². The number of anilines is 1. The quantitative estimate of drug-likeness (QED) is 0.409. The van der Waals surface area contributed by atoms with Crippen molar-refractivity contribution >= 4 is 34.9 Å². The van der Waals surface area contributed by atoms with Gasteiger partial charge < -0.3 is 24.4 Å². The summed E-state index contributed by atoms with van der Waals surface area (Å²) in [5.41, 5.74) is 0.914. The summed E-state index contributed by atoms with van der Waals surface area (Å²) in [6.45, 7) is 0.987. The molecule has 0 saturated heterocycles. The first-order valence-electron chi connectivity index (χ1n) is 10.2. The molecule has 2 aromatic carbocycles. The Morgan fingerprint density at radius 1 is 1.19 bits per heavy atom. The summed E-state index contributed by atoms with van der Waals surface area (Å²) in [5.74, 6) is 0.484. The molecule has 2 aromatic rings. The van der Waals surface area contributed by atoms with Crippen molar-refractivity contribution in [1.29, 1.82) is 0 Å². The van der Waals surface area contributed by atoms with Crippen LogP contribution in [0, 0.1) is 0 Å². The monoisotopic (exact) mass is 460 g/mol. The van der Waals surface area contributed by atoms with Gasteiger partial charge in [-0.2, -0.15) is 0 Å². The molecule has 3 rings (SSSR count). The average molecular weight is 461 g/mol. The standard InChI is InChI=1S/C23H25ClN2O6/c1-30-12-10-25-22(28)3-2-11-26-19-13-16(4-9-21(19)32-15-23(26)29)20(27)14-31-18-7-5-17(24)6-8-18/h4-9,13H,2-3,10-12,14-15H2,1H3,(H,25,28). The number of carbonyl (C=O) groups excluding carboxylic acids is 3. The fourth-order valence-corrected chi connectivity index (χ4v) is 3.29. The van der Waals surface area contributed by atoms with Gasteiger partial charge in [0.2, 0.25) is 5.91 Å². The zero-order valence-corrected chi connectivity index (χ0v) is 18.5. The normalized spacial score (nSPS) is 12.7. The summed E-state index contributed by atoms with van der Waals surface area (Å²) >= 11 is 5.85. The maximum atomic E-state index is 12.6. The number of carbonyl (C=O) groups is 3. The third-order valence-electron chi connectivity index (χ3n) is 4.82. The first kappa shape index (κ1) is 23.6. The third kappa shape index (κ3) is 6.45. The highest BCUT2D eigenvalue weighted by atomic mass is 35.5. The fourth-order valence-electron chi connectivity index (χ4n) is 3.16. The van der Waals surface area contributed by atoms with Crippen LogP contribution < -0.4 is 19.7 Å². The number of amides is 2. The van der Waals surface area contributed by atoms with E-state index in [1.165, 1.54) is 0 Å². The highest BCUT2D eigenvalue weighted by Crippen LogP contribution is 2.33. The van der Waals surface area contributed by atoms with Gasteiger partial charge in [-0.3, -0.25) is 14.4 Å². The number of halogens is 1. The molecular formula is C23H25ClN2O6. The second-order valence-corrected chi connectivity index (χ2v) is 7.57. The lowest BCUT2D eigenvalue weighted by molar-refractivity contribution is -0.123. The third-order valence-corrected chi connectivity index (χ3v) is 5.07. The maximum absolute atomic E-state index is 12.6. The molecule has 0 saturated carbocycles. The van der Waals surface area contributed by atoms with E-state index in [9.17, 15) is 14.4 Å². The molecule has 0 bridgehead atoms. The zero-order valence-electron chi connectivity index (χ0n) is 17.8. The van der Waals surface area contributed by atoms with Gasteiger partial charge in [0.05, 0.1) is 12.3 Å². The van der Waals surface area contributed by atoms with Crippen molar-refractivity contribution in [2.24, 2.45) is 0 Å². The minimum absolute atomic E-state index is 0.0833. The first-order chi connectivity index (χ1) is 15.5. The van der Waals surface area contributed by atoms with Crippen molar-refractivity contribution < 1.29 is 28.6 Å². The van der Waals surface area contributed by atoms with E-state index < -0.39 is 0 Å². The van der Waals surface area contributed by atoms with E-state index in [1.54, 1.807) is 54.5 Å². The summed E-state index contributed by atoms with van der Waals surface area (Å²) in [7, 11) is 1.57. The van der Waals surface area contributed by atoms with Crippen LogP contribution in [0.25, 0.3) is 0 Å². The highest BCUT2D eigenvalue weighted by Gasteiger charge is 2.26. The van der Waals surface area contributed by atoms with Crippen LogP contribution in [0.3, 0.4) is 0 Å². The molecule has 1 aliphatic heterocycles. The number of nitrogens with one attached hydrogen (secondary N) is 1. The van der Waals surface area contributed by atoms with Crippen LogP contribution in [0.4, 0.5) is 5.69 Å². The minimum Gasteiger partial charge on any atom is -0.485 e. The van der Waals surface area contributed by atoms with E-state index in [0.29, 0.717) is 53.9 Å². The predicted octanol–water partition coefficient (Wildman–Crippen LogP) is 2.87. The topological polar surface area (TPSA) is 94.2 Å². The Bertz CT molecular complexity index is 963. The molecule has 0 fully saturated rings. The molecule has 0 unspecified atom stereocenters. The molecule has 9 heteroatoms. The minimum atomic E-state index is -0.238. The Morgan fingerprint density at radius 3 is 2.72 bits per heavy atom. The van der Waals surface area contributed by atoms with Gasteiger partial charge in [0.1, 0.15) is 11.5 Å². The lowest BCUT2D eigenvalue weighted by Gasteiger charge is -2.29. The number of benzene rings is 2. The summed E-state index contributed by atoms with van der Waals surface area (Å²) in [6.07, 6.45) is 0.749. The number of nitrogens with zero attached hydrogens (tertiary/aromatic N) is 1. The molecule has 0 aromatic heterocycles. The molecular weight excluding hydrogens is 436 g/mol. The SMILES string of the molecule is COCCNC(=O)CCCN1C(=O)COc2ccc(C(=O)COc3ccc(Cl)cc3)cc21. The van der Waals surface area contributed by atoms with Gasteiger partial charge in [0.25, 0.3) is 5.91 Å². The largest absolute Gasteiger partial charge is 0.485 e. The summed E-state index contributed by atoms with van der Waals surface area (Å²) in [5, 5.41) is 3.33. The molecule has 32 heavy (non-hydrogen) atoms. The molecule has 1 N–H and O–H groups in total. The Labute approximate surface area is 191 Å². The number of methoxy groups -OCH3 is 1. The van der Waals surface area contributed by atoms with Crippen molar-refractivity contribution in [2.75, 3.05) is 44.9 Å². The van der Waals surface area contributed by atoms with E-state index in [2.05, 4.69) is 5.32 Å². The van der Waals surface area contributed by atoms with E-state index in [1.807, 2.05) is 0 Å². The van der Waals surface area contributed by atoms with E-state index in [-0.39, 0.29) is 37.2 Å². The number of fused-ring (bicyclic) bond motifs is 1. The van der Waals surface area contributed by atoms with Crippen molar-refractivity contribution in [3.8, 4) is 11.5 Å². The van der Waals surface area contributed by atoms with Gasteiger partial charge >= 0.3 is 0 Å². The van der Waals surface area contributed by atoms with Crippen LogP contribution in [0.2, 0.25) is 5.02 Å². The lowest BCUT2D eigenvalue weighted by atomic mass is 10.1. The van der Waals surface area contributed by atoms with Crippen molar-refractivity contribution in [3.05, 3.63) is 53.1 Å². The molecule has 0 spiro atoms. The Hall–Kier alpha value is -3.10. The number of ketones is 1. The Balaban J connectivity index is 1.61. The number of Topliss-reactive ketones (excluding diaryl/α,β-unsaturated/α-hetero) is 1. The molecule has 8 nitrogen and oxygen atoms in total. The summed E-state index contributed by atoms with van der Waals surface area (Å²) in [4.78, 5) is 38.5. The van der Waals surface area contributed by atoms with Gasteiger partial charge in [-0.25, -0.2) is 0 Å². The second-order valence-electron chi connectivity index (χ2n) is 7.13. The molecule has 1 heterocycles. The van der Waals surface area contributed by atoms with E-state index in [0.717, 1.165) is 0 Å². The maximum Gasteiger partial charge on any atom is 0.265 e. The van der Waals surface area contributed by atoms with E-state index >= 15 is 0 Å². The fraction of sp³-hybridized carbons (Fsp3) is 0.348. The number of ether oxygens (including phenoxy) is 3. The number of hydrogen-bond acceptors (Lipinski definition) is 6. The summed E-state index contributed by atoms with van der Waals surface area (Å²) < 4.78 is 15.9. The molecule has 0 aliphatic carbocycles. The summed E-state index contributed by atoms with van der Waals surface area (Å²) in [6, 6.07) is 11.7. The predicted molar refractivity (Wildman–Crippen MR) is 120 cm³/mol. The number of hydrogen-bond donors (Lipinski definition) is 1. The smallest absolute Gasteiger partial charge is 0.265 e. The zero-order chi connectivity index (χ0) is 22.9. The van der Waals surface area contributed by atoms with E-state index in [4.69, 9.17) is 25.8 Å². The molecule has 0 radical (unpaired) electrons. The van der Waals surface area contributed by atoms with Gasteiger partial charge in [0, 0.05) is 37.2 Å². The van der Waals surface area contributed by atoms with Crippen molar-refractivity contribution in [2.45, 2.75) is 12.8 Å². The van der Waals surface area contributed by atoms with Crippen LogP contribution >= 0.6 is 11.6 Å². The first-order valence-corrected chi connectivity index (χ1v) is 10.6. The Morgan fingerprint density at radius 2 is 1.97 bits per heavy atom.